The maximum Gasteiger partial charge on any atom is 0.159 e. The van der Waals surface area contributed by atoms with E-state index >= 15 is 0 Å². The average molecular weight is 277 g/mol. The SMILES string of the molecule is CCCNc1cc(C)nc(C(OC)C2CCCCC2)n1. The van der Waals surface area contributed by atoms with Gasteiger partial charge in [-0.2, -0.15) is 0 Å². The molecule has 1 fully saturated rings. The molecule has 1 atom stereocenters. The van der Waals surface area contributed by atoms with E-state index in [0.29, 0.717) is 5.92 Å². The molecule has 1 N–H and O–H groups in total. The van der Waals surface area contributed by atoms with Crippen LogP contribution in [0.4, 0.5) is 5.82 Å². The third kappa shape index (κ3) is 3.92. The third-order valence-corrected chi connectivity index (χ3v) is 4.01. The van der Waals surface area contributed by atoms with Crippen molar-refractivity contribution in [3.8, 4) is 0 Å². The highest BCUT2D eigenvalue weighted by Crippen LogP contribution is 2.35. The molecular formula is C16H27N3O. The van der Waals surface area contributed by atoms with E-state index < -0.39 is 0 Å². The molecule has 1 unspecified atom stereocenters. The standard InChI is InChI=1S/C16H27N3O/c1-4-10-17-14-11-12(2)18-16(19-14)15(20-3)13-8-6-5-7-9-13/h11,13,15H,4-10H2,1-3H3,(H,17,18,19). The number of nitrogens with one attached hydrogen (secondary N) is 1. The maximum atomic E-state index is 5.74. The van der Waals surface area contributed by atoms with Crippen molar-refractivity contribution >= 4 is 5.82 Å². The number of nitrogens with zero attached hydrogens (tertiary/aromatic N) is 2. The molecule has 4 heteroatoms. The number of hydrogen-bond donors (Lipinski definition) is 1. The molecule has 0 spiro atoms. The minimum atomic E-state index is 0.0392. The predicted molar refractivity (Wildman–Crippen MR) is 81.9 cm³/mol. The molecule has 0 aliphatic heterocycles. The van der Waals surface area contributed by atoms with Crippen molar-refractivity contribution < 1.29 is 4.74 Å². The Morgan fingerprint density at radius 2 is 2.05 bits per heavy atom. The fraction of sp³-hybridized carbons (Fsp3) is 0.750. The first-order chi connectivity index (χ1) is 9.74. The van der Waals surface area contributed by atoms with Crippen LogP contribution >= 0.6 is 0 Å². The molecule has 1 aliphatic carbocycles. The minimum absolute atomic E-state index is 0.0392. The Balaban J connectivity index is 2.17. The molecule has 2 rings (SSSR count). The molecule has 20 heavy (non-hydrogen) atoms. The van der Waals surface area contributed by atoms with Gasteiger partial charge in [0.15, 0.2) is 5.82 Å². The first-order valence-corrected chi connectivity index (χ1v) is 7.86. The van der Waals surface area contributed by atoms with E-state index in [1.54, 1.807) is 7.11 Å². The monoisotopic (exact) mass is 277 g/mol. The summed E-state index contributed by atoms with van der Waals surface area (Å²) in [6, 6.07) is 2.01. The highest BCUT2D eigenvalue weighted by Gasteiger charge is 2.27. The summed E-state index contributed by atoms with van der Waals surface area (Å²) in [5.41, 5.74) is 1.01. The topological polar surface area (TPSA) is 47.0 Å². The van der Waals surface area contributed by atoms with Crippen molar-refractivity contribution in [2.45, 2.75) is 58.5 Å². The lowest BCUT2D eigenvalue weighted by Crippen LogP contribution is -2.21. The molecule has 112 valence electrons. The Morgan fingerprint density at radius 1 is 1.30 bits per heavy atom. The van der Waals surface area contributed by atoms with E-state index in [2.05, 4.69) is 22.2 Å². The van der Waals surface area contributed by atoms with Gasteiger partial charge in [0, 0.05) is 25.4 Å². The van der Waals surface area contributed by atoms with Crippen molar-refractivity contribution in [2.24, 2.45) is 5.92 Å². The fourth-order valence-electron chi connectivity index (χ4n) is 3.01. The number of aryl methyl sites for hydroxylation is 1. The molecule has 0 bridgehead atoms. The number of aromatic nitrogens is 2. The Labute approximate surface area is 122 Å². The van der Waals surface area contributed by atoms with Gasteiger partial charge in [0.1, 0.15) is 11.9 Å². The van der Waals surface area contributed by atoms with Crippen molar-refractivity contribution in [1.82, 2.24) is 9.97 Å². The smallest absolute Gasteiger partial charge is 0.159 e. The summed E-state index contributed by atoms with van der Waals surface area (Å²) < 4.78 is 5.74. The van der Waals surface area contributed by atoms with Crippen LogP contribution in [0.1, 0.15) is 63.1 Å². The maximum absolute atomic E-state index is 5.74. The molecular weight excluding hydrogens is 250 g/mol. The molecule has 0 amide bonds. The van der Waals surface area contributed by atoms with Gasteiger partial charge in [0.25, 0.3) is 0 Å². The Morgan fingerprint density at radius 3 is 2.70 bits per heavy atom. The average Bonchev–Trinajstić information content (AvgIpc) is 2.46. The quantitative estimate of drug-likeness (QED) is 0.857. The van der Waals surface area contributed by atoms with E-state index in [0.717, 1.165) is 30.3 Å². The van der Waals surface area contributed by atoms with Gasteiger partial charge in [-0.3, -0.25) is 0 Å². The molecule has 0 saturated heterocycles. The van der Waals surface area contributed by atoms with Crippen LogP contribution in [-0.2, 0) is 4.74 Å². The predicted octanol–water partition coefficient (Wildman–Crippen LogP) is 3.87. The molecule has 1 aromatic rings. The Kier molecular flexibility index (Phi) is 5.77. The summed E-state index contributed by atoms with van der Waals surface area (Å²) in [5, 5.41) is 3.35. The van der Waals surface area contributed by atoms with Gasteiger partial charge in [-0.15, -0.1) is 0 Å². The summed E-state index contributed by atoms with van der Waals surface area (Å²) >= 11 is 0. The van der Waals surface area contributed by atoms with Crippen LogP contribution in [-0.4, -0.2) is 23.6 Å². The molecule has 4 nitrogen and oxygen atoms in total. The molecule has 1 aliphatic rings. The van der Waals surface area contributed by atoms with Gasteiger partial charge in [-0.05, 0) is 32.1 Å². The summed E-state index contributed by atoms with van der Waals surface area (Å²) in [7, 11) is 1.78. The largest absolute Gasteiger partial charge is 0.373 e. The zero-order valence-corrected chi connectivity index (χ0v) is 13.0. The highest BCUT2D eigenvalue weighted by molar-refractivity contribution is 5.36. The van der Waals surface area contributed by atoms with Gasteiger partial charge in [-0.1, -0.05) is 26.2 Å². The number of ether oxygens (including phenoxy) is 1. The summed E-state index contributed by atoms with van der Waals surface area (Å²) in [6.07, 6.45) is 7.55. The lowest BCUT2D eigenvalue weighted by molar-refractivity contribution is 0.0289. The first kappa shape index (κ1) is 15.2. The summed E-state index contributed by atoms with van der Waals surface area (Å²) in [5.74, 6) is 2.33. The van der Waals surface area contributed by atoms with Crippen LogP contribution in [0.15, 0.2) is 6.07 Å². The summed E-state index contributed by atoms with van der Waals surface area (Å²) in [4.78, 5) is 9.28. The van der Waals surface area contributed by atoms with Gasteiger partial charge in [0.2, 0.25) is 0 Å². The third-order valence-electron chi connectivity index (χ3n) is 4.01. The lowest BCUT2D eigenvalue weighted by Gasteiger charge is -2.28. The van der Waals surface area contributed by atoms with Crippen LogP contribution in [0.3, 0.4) is 0 Å². The highest BCUT2D eigenvalue weighted by atomic mass is 16.5. The lowest BCUT2D eigenvalue weighted by atomic mass is 9.85. The van der Waals surface area contributed by atoms with Crippen LogP contribution in [0.5, 0.6) is 0 Å². The van der Waals surface area contributed by atoms with Gasteiger partial charge in [-0.25, -0.2) is 9.97 Å². The van der Waals surface area contributed by atoms with Crippen LogP contribution < -0.4 is 5.32 Å². The van der Waals surface area contributed by atoms with Crippen molar-refractivity contribution in [3.05, 3.63) is 17.6 Å². The van der Waals surface area contributed by atoms with Crippen LogP contribution in [0.25, 0.3) is 0 Å². The molecule has 0 aromatic carbocycles. The molecule has 1 aromatic heterocycles. The molecule has 1 saturated carbocycles. The van der Waals surface area contributed by atoms with E-state index in [1.807, 2.05) is 13.0 Å². The number of anilines is 1. The van der Waals surface area contributed by atoms with Crippen molar-refractivity contribution in [2.75, 3.05) is 19.0 Å². The van der Waals surface area contributed by atoms with Crippen molar-refractivity contribution in [1.29, 1.82) is 0 Å². The van der Waals surface area contributed by atoms with Gasteiger partial charge in [0.05, 0.1) is 0 Å². The second-order valence-electron chi connectivity index (χ2n) is 5.73. The van der Waals surface area contributed by atoms with E-state index in [1.165, 1.54) is 32.1 Å². The Bertz CT molecular complexity index is 416. The van der Waals surface area contributed by atoms with E-state index in [9.17, 15) is 0 Å². The second-order valence-corrected chi connectivity index (χ2v) is 5.73. The summed E-state index contributed by atoms with van der Waals surface area (Å²) in [6.45, 7) is 5.12. The number of rotatable bonds is 6. The fourth-order valence-corrected chi connectivity index (χ4v) is 3.01. The van der Waals surface area contributed by atoms with E-state index in [4.69, 9.17) is 4.74 Å². The minimum Gasteiger partial charge on any atom is -0.373 e. The zero-order valence-electron chi connectivity index (χ0n) is 13.0. The zero-order chi connectivity index (χ0) is 14.4. The van der Waals surface area contributed by atoms with Gasteiger partial charge >= 0.3 is 0 Å². The molecule has 1 heterocycles. The first-order valence-electron chi connectivity index (χ1n) is 7.86. The molecule has 0 radical (unpaired) electrons. The Hall–Kier alpha value is -1.16. The van der Waals surface area contributed by atoms with Crippen LogP contribution in [0.2, 0.25) is 0 Å². The normalized spacial score (nSPS) is 17.9. The van der Waals surface area contributed by atoms with Crippen molar-refractivity contribution in [3.63, 3.8) is 0 Å². The van der Waals surface area contributed by atoms with E-state index in [-0.39, 0.29) is 6.10 Å². The number of hydrogen-bond acceptors (Lipinski definition) is 4. The van der Waals surface area contributed by atoms with Crippen LogP contribution in [0, 0.1) is 12.8 Å². The number of methoxy groups -OCH3 is 1. The van der Waals surface area contributed by atoms with Gasteiger partial charge < -0.3 is 10.1 Å². The second kappa shape index (κ2) is 7.58.